The molecule has 2 atom stereocenters. The van der Waals surface area contributed by atoms with E-state index in [-0.39, 0.29) is 23.4 Å². The third-order valence-corrected chi connectivity index (χ3v) is 8.96. The van der Waals surface area contributed by atoms with Gasteiger partial charge in [-0.2, -0.15) is 0 Å². The van der Waals surface area contributed by atoms with Gasteiger partial charge in [0.2, 0.25) is 11.8 Å². The monoisotopic (exact) mass is 581 g/mol. The highest BCUT2D eigenvalue weighted by molar-refractivity contribution is 7.92. The third-order valence-electron chi connectivity index (χ3n) is 7.18. The number of amides is 2. The lowest BCUT2D eigenvalue weighted by molar-refractivity contribution is -0.140. The van der Waals surface area contributed by atoms with Crippen molar-refractivity contribution in [1.82, 2.24) is 10.2 Å². The topological polar surface area (TPSA) is 86.8 Å². The first-order valence-electron chi connectivity index (χ1n) is 14.0. The summed E-state index contributed by atoms with van der Waals surface area (Å²) in [6, 6.07) is 18.3. The number of benzene rings is 3. The van der Waals surface area contributed by atoms with Gasteiger partial charge in [0, 0.05) is 12.6 Å². The first kappa shape index (κ1) is 31.8. The Balaban J connectivity index is 2.09. The molecule has 1 N–H and O–H groups in total. The zero-order valence-electron chi connectivity index (χ0n) is 24.4. The highest BCUT2D eigenvalue weighted by Crippen LogP contribution is 2.28. The number of nitrogens with zero attached hydrogens (tertiary/aromatic N) is 2. The molecule has 0 saturated carbocycles. The fraction of sp³-hybridized carbons (Fsp3) is 0.375. The molecular formula is C32H40FN3O4S. The Hall–Kier alpha value is -3.72. The van der Waals surface area contributed by atoms with Crippen LogP contribution in [0.25, 0.3) is 0 Å². The molecule has 2 amide bonds. The van der Waals surface area contributed by atoms with Crippen LogP contribution in [0.4, 0.5) is 10.1 Å². The Kier molecular flexibility index (Phi) is 11.1. The van der Waals surface area contributed by atoms with Crippen LogP contribution in [0.3, 0.4) is 0 Å². The number of halogens is 1. The number of carbonyl (C=O) groups is 2. The van der Waals surface area contributed by atoms with Gasteiger partial charge in [-0.1, -0.05) is 68.8 Å². The summed E-state index contributed by atoms with van der Waals surface area (Å²) in [5.74, 6) is -1.28. The van der Waals surface area contributed by atoms with Gasteiger partial charge in [0.15, 0.2) is 0 Å². The molecule has 9 heteroatoms. The van der Waals surface area contributed by atoms with E-state index in [1.165, 1.54) is 29.2 Å². The first-order valence-corrected chi connectivity index (χ1v) is 15.5. The number of anilines is 1. The predicted octanol–water partition coefficient (Wildman–Crippen LogP) is 5.61. The van der Waals surface area contributed by atoms with Gasteiger partial charge in [0.1, 0.15) is 18.4 Å². The van der Waals surface area contributed by atoms with Crippen LogP contribution >= 0.6 is 0 Å². The molecule has 0 radical (unpaired) electrons. The summed E-state index contributed by atoms with van der Waals surface area (Å²) in [7, 11) is -4.15. The van der Waals surface area contributed by atoms with Crippen LogP contribution in [0.5, 0.6) is 0 Å². The predicted molar refractivity (Wildman–Crippen MR) is 160 cm³/mol. The highest BCUT2D eigenvalue weighted by Gasteiger charge is 2.34. The van der Waals surface area contributed by atoms with Crippen molar-refractivity contribution < 1.29 is 22.4 Å². The quantitative estimate of drug-likeness (QED) is 0.284. The molecule has 3 aromatic carbocycles. The van der Waals surface area contributed by atoms with Crippen LogP contribution < -0.4 is 9.62 Å². The molecule has 0 spiro atoms. The number of hydrogen-bond donors (Lipinski definition) is 1. The zero-order chi connectivity index (χ0) is 30.2. The molecule has 2 unspecified atom stereocenters. The molecule has 0 aromatic heterocycles. The third kappa shape index (κ3) is 7.94. The van der Waals surface area contributed by atoms with Crippen LogP contribution in [-0.2, 0) is 32.6 Å². The fourth-order valence-corrected chi connectivity index (χ4v) is 6.00. The molecule has 0 aliphatic heterocycles. The Labute approximate surface area is 243 Å². The molecule has 3 rings (SSSR count). The average Bonchev–Trinajstić information content (AvgIpc) is 2.96. The van der Waals surface area contributed by atoms with Crippen molar-refractivity contribution in [2.75, 3.05) is 10.8 Å². The molecule has 41 heavy (non-hydrogen) atoms. The van der Waals surface area contributed by atoms with Crippen LogP contribution in [-0.4, -0.2) is 43.8 Å². The van der Waals surface area contributed by atoms with E-state index in [9.17, 15) is 22.4 Å². The average molecular weight is 582 g/mol. The fourth-order valence-electron chi connectivity index (χ4n) is 4.55. The molecular weight excluding hydrogens is 541 g/mol. The van der Waals surface area contributed by atoms with Crippen LogP contribution in [0.1, 0.15) is 57.2 Å². The van der Waals surface area contributed by atoms with Gasteiger partial charge < -0.3 is 10.2 Å². The van der Waals surface area contributed by atoms with E-state index in [4.69, 9.17) is 0 Å². The van der Waals surface area contributed by atoms with E-state index in [2.05, 4.69) is 5.32 Å². The van der Waals surface area contributed by atoms with Gasteiger partial charge in [-0.3, -0.25) is 13.9 Å². The standard InChI is InChI=1S/C32H40FN3O4S/c1-6-24(5)34-32(38)29(8-3)35(21-25-15-17-27(33)18-16-25)31(37)22-36(30-12-10-9-11-26(30)7-2)41(39,40)28-19-13-23(4)14-20-28/h9-20,24,29H,6-8,21-22H2,1-5H3,(H,34,38). The second-order valence-corrected chi connectivity index (χ2v) is 12.1. The van der Waals surface area contributed by atoms with Gasteiger partial charge in [0.05, 0.1) is 10.6 Å². The summed E-state index contributed by atoms with van der Waals surface area (Å²) in [6.45, 7) is 8.93. The molecule has 220 valence electrons. The van der Waals surface area contributed by atoms with E-state index in [1.54, 1.807) is 43.3 Å². The Morgan fingerprint density at radius 2 is 1.54 bits per heavy atom. The number of nitrogens with one attached hydrogen (secondary N) is 1. The van der Waals surface area contributed by atoms with E-state index < -0.39 is 34.3 Å². The molecule has 0 saturated heterocycles. The Morgan fingerprint density at radius 3 is 2.12 bits per heavy atom. The summed E-state index contributed by atoms with van der Waals surface area (Å²) in [5, 5.41) is 2.95. The molecule has 0 heterocycles. The van der Waals surface area contributed by atoms with Crippen molar-refractivity contribution in [2.24, 2.45) is 0 Å². The summed E-state index contributed by atoms with van der Waals surface area (Å²) >= 11 is 0. The van der Waals surface area contributed by atoms with Crippen molar-refractivity contribution in [1.29, 1.82) is 0 Å². The van der Waals surface area contributed by atoms with Crippen molar-refractivity contribution in [3.05, 3.63) is 95.3 Å². The maximum atomic E-state index is 14.2. The van der Waals surface area contributed by atoms with Crippen LogP contribution in [0, 0.1) is 12.7 Å². The van der Waals surface area contributed by atoms with Gasteiger partial charge in [0.25, 0.3) is 10.0 Å². The number of sulfonamides is 1. The molecule has 0 aliphatic rings. The number of carbonyl (C=O) groups excluding carboxylic acids is 2. The van der Waals surface area contributed by atoms with Gasteiger partial charge in [-0.15, -0.1) is 0 Å². The Bertz CT molecular complexity index is 1430. The van der Waals surface area contributed by atoms with Crippen molar-refractivity contribution in [2.45, 2.75) is 77.4 Å². The first-order chi connectivity index (χ1) is 19.5. The lowest BCUT2D eigenvalue weighted by Gasteiger charge is -2.34. The normalized spacial score (nSPS) is 12.8. The molecule has 0 aliphatic carbocycles. The smallest absolute Gasteiger partial charge is 0.264 e. The highest BCUT2D eigenvalue weighted by atomic mass is 32.2. The van der Waals surface area contributed by atoms with Crippen LogP contribution in [0.15, 0.2) is 77.7 Å². The number of aryl methyl sites for hydroxylation is 2. The lowest BCUT2D eigenvalue weighted by atomic mass is 10.1. The number of rotatable bonds is 13. The molecule has 0 fully saturated rings. The second-order valence-electron chi connectivity index (χ2n) is 10.2. The molecule has 7 nitrogen and oxygen atoms in total. The van der Waals surface area contributed by atoms with Crippen LogP contribution in [0.2, 0.25) is 0 Å². The maximum Gasteiger partial charge on any atom is 0.264 e. The van der Waals surface area contributed by atoms with Gasteiger partial charge >= 0.3 is 0 Å². The summed E-state index contributed by atoms with van der Waals surface area (Å²) in [6.07, 6.45) is 1.58. The van der Waals surface area contributed by atoms with E-state index in [0.717, 1.165) is 15.4 Å². The van der Waals surface area contributed by atoms with E-state index >= 15 is 0 Å². The molecule has 0 bridgehead atoms. The number of para-hydroxylation sites is 1. The minimum absolute atomic E-state index is 0.0133. The van der Waals surface area contributed by atoms with Gasteiger partial charge in [-0.25, -0.2) is 12.8 Å². The van der Waals surface area contributed by atoms with Gasteiger partial charge in [-0.05, 0) is 74.6 Å². The number of hydrogen-bond acceptors (Lipinski definition) is 4. The second kappa shape index (κ2) is 14.3. The minimum atomic E-state index is -4.15. The molecule has 3 aromatic rings. The van der Waals surface area contributed by atoms with E-state index in [0.29, 0.717) is 30.5 Å². The van der Waals surface area contributed by atoms with Crippen molar-refractivity contribution in [3.8, 4) is 0 Å². The minimum Gasteiger partial charge on any atom is -0.352 e. The Morgan fingerprint density at radius 1 is 0.902 bits per heavy atom. The van der Waals surface area contributed by atoms with E-state index in [1.807, 2.05) is 39.8 Å². The largest absolute Gasteiger partial charge is 0.352 e. The van der Waals surface area contributed by atoms with Crippen molar-refractivity contribution in [3.63, 3.8) is 0 Å². The van der Waals surface area contributed by atoms with Crippen molar-refractivity contribution >= 4 is 27.5 Å². The lowest BCUT2D eigenvalue weighted by Crippen LogP contribution is -2.53. The SMILES string of the molecule is CCc1ccccc1N(CC(=O)N(Cc1ccc(F)cc1)C(CC)C(=O)NC(C)CC)S(=O)(=O)c1ccc(C)cc1. The summed E-state index contributed by atoms with van der Waals surface area (Å²) < 4.78 is 42.9. The zero-order valence-corrected chi connectivity index (χ0v) is 25.2. The summed E-state index contributed by atoms with van der Waals surface area (Å²) in [4.78, 5) is 29.0. The maximum absolute atomic E-state index is 14.2. The summed E-state index contributed by atoms with van der Waals surface area (Å²) in [5.41, 5.74) is 2.70.